The molecule has 0 unspecified atom stereocenters. The number of ketones is 1. The third-order valence-electron chi connectivity index (χ3n) is 6.97. The van der Waals surface area contributed by atoms with Crippen molar-refractivity contribution in [1.82, 2.24) is 0 Å². The number of ether oxygens (including phenoxy) is 4. The van der Waals surface area contributed by atoms with E-state index < -0.39 is 21.1 Å². The molecule has 4 fully saturated rings. The lowest BCUT2D eigenvalue weighted by Crippen LogP contribution is -2.64. The standard InChI is InChI=1S/C17H24Cl2O5/c1-21-10-8-14(24-9-10)13(20)15(18)11-6-4-5-7-12(11)16(14,19)17(15,22-2)23-3/h10-12H,4-9H2,1-3H3/t10-,11+,12-,14+,15+,16-/m0/s1. The molecule has 4 rings (SSSR count). The number of carbonyl (C=O) groups excluding carboxylic acids is 1. The van der Waals surface area contributed by atoms with Crippen molar-refractivity contribution >= 4 is 29.0 Å². The maximum absolute atomic E-state index is 13.6. The molecule has 2 bridgehead atoms. The van der Waals surface area contributed by atoms with Crippen molar-refractivity contribution < 1.29 is 23.7 Å². The highest BCUT2D eigenvalue weighted by Crippen LogP contribution is 2.76. The molecule has 0 amide bonds. The van der Waals surface area contributed by atoms with Crippen molar-refractivity contribution in [3.05, 3.63) is 0 Å². The van der Waals surface area contributed by atoms with Gasteiger partial charge in [0.25, 0.3) is 0 Å². The molecule has 0 N–H and O–H groups in total. The fourth-order valence-corrected chi connectivity index (χ4v) is 7.64. The summed E-state index contributed by atoms with van der Waals surface area (Å²) < 4.78 is 23.2. The number of fused-ring (bicyclic) bond motifs is 6. The average Bonchev–Trinajstić information content (AvgIpc) is 3.16. The van der Waals surface area contributed by atoms with Crippen molar-refractivity contribution in [2.75, 3.05) is 27.9 Å². The molecule has 7 heteroatoms. The smallest absolute Gasteiger partial charge is 0.218 e. The van der Waals surface area contributed by atoms with Gasteiger partial charge in [0.05, 0.1) is 12.7 Å². The second kappa shape index (κ2) is 5.30. The maximum Gasteiger partial charge on any atom is 0.218 e. The first-order chi connectivity index (χ1) is 11.4. The van der Waals surface area contributed by atoms with Crippen LogP contribution in [-0.2, 0) is 23.7 Å². The zero-order valence-corrected chi connectivity index (χ0v) is 15.8. The van der Waals surface area contributed by atoms with Crippen LogP contribution in [0.15, 0.2) is 0 Å². The van der Waals surface area contributed by atoms with E-state index in [-0.39, 0.29) is 23.7 Å². The molecule has 24 heavy (non-hydrogen) atoms. The summed E-state index contributed by atoms with van der Waals surface area (Å²) in [6.45, 7) is 0.324. The van der Waals surface area contributed by atoms with Gasteiger partial charge in [-0.25, -0.2) is 0 Å². The van der Waals surface area contributed by atoms with Gasteiger partial charge >= 0.3 is 0 Å². The predicted molar refractivity (Wildman–Crippen MR) is 88.5 cm³/mol. The van der Waals surface area contributed by atoms with Crippen LogP contribution in [0, 0.1) is 11.8 Å². The van der Waals surface area contributed by atoms with Gasteiger partial charge in [-0.3, -0.25) is 4.79 Å². The Kier molecular flexibility index (Phi) is 3.87. The molecular formula is C17H24Cl2O5. The Hall–Kier alpha value is 0.0900. The minimum absolute atomic E-state index is 0.0126. The first kappa shape index (κ1) is 17.5. The van der Waals surface area contributed by atoms with E-state index in [2.05, 4.69) is 0 Å². The molecule has 136 valence electrons. The Morgan fingerprint density at radius 2 is 1.71 bits per heavy atom. The highest BCUT2D eigenvalue weighted by molar-refractivity contribution is 6.45. The minimum Gasteiger partial charge on any atom is -0.379 e. The van der Waals surface area contributed by atoms with Gasteiger partial charge < -0.3 is 18.9 Å². The van der Waals surface area contributed by atoms with Gasteiger partial charge in [0, 0.05) is 27.8 Å². The lowest BCUT2D eigenvalue weighted by Gasteiger charge is -2.48. The summed E-state index contributed by atoms with van der Waals surface area (Å²) in [5.74, 6) is -1.65. The van der Waals surface area contributed by atoms with Crippen LogP contribution in [0.3, 0.4) is 0 Å². The van der Waals surface area contributed by atoms with Gasteiger partial charge in [-0.1, -0.05) is 12.8 Å². The van der Waals surface area contributed by atoms with Gasteiger partial charge in [0.2, 0.25) is 5.79 Å². The number of hydrogen-bond donors (Lipinski definition) is 0. The van der Waals surface area contributed by atoms with Gasteiger partial charge in [0.15, 0.2) is 16.3 Å². The van der Waals surface area contributed by atoms with Crippen LogP contribution in [0.5, 0.6) is 0 Å². The minimum atomic E-state index is -1.40. The van der Waals surface area contributed by atoms with E-state index in [9.17, 15) is 4.79 Å². The van der Waals surface area contributed by atoms with Crippen molar-refractivity contribution in [2.45, 2.75) is 59.3 Å². The highest BCUT2D eigenvalue weighted by Gasteiger charge is 2.94. The second-order valence-corrected chi connectivity index (χ2v) is 8.67. The molecule has 1 aliphatic heterocycles. The Bertz CT molecular complexity index is 567. The summed E-state index contributed by atoms with van der Waals surface area (Å²) in [6, 6.07) is 0. The van der Waals surface area contributed by atoms with E-state index in [0.717, 1.165) is 25.7 Å². The van der Waals surface area contributed by atoms with Crippen LogP contribution in [0.1, 0.15) is 32.1 Å². The molecule has 1 spiro atoms. The van der Waals surface area contributed by atoms with Gasteiger partial charge in [-0.05, 0) is 24.7 Å². The van der Waals surface area contributed by atoms with Crippen LogP contribution in [0.2, 0.25) is 0 Å². The van der Waals surface area contributed by atoms with Crippen LogP contribution in [0.25, 0.3) is 0 Å². The third kappa shape index (κ3) is 1.49. The second-order valence-electron chi connectivity index (χ2n) is 7.47. The molecule has 6 atom stereocenters. The number of Topliss-reactive ketones (excluding diaryl/α,β-unsaturated/α-hetero) is 1. The summed E-state index contributed by atoms with van der Waals surface area (Å²) in [6.07, 6.45) is 4.05. The first-order valence-corrected chi connectivity index (χ1v) is 9.35. The van der Waals surface area contributed by atoms with E-state index in [4.69, 9.17) is 42.1 Å². The first-order valence-electron chi connectivity index (χ1n) is 8.59. The zero-order valence-electron chi connectivity index (χ0n) is 14.3. The topological polar surface area (TPSA) is 54.0 Å². The van der Waals surface area contributed by atoms with E-state index in [1.165, 1.54) is 14.2 Å². The highest BCUT2D eigenvalue weighted by atomic mass is 35.5. The predicted octanol–water partition coefficient (Wildman–Crippen LogP) is 2.51. The Morgan fingerprint density at radius 3 is 2.25 bits per heavy atom. The van der Waals surface area contributed by atoms with E-state index in [1.54, 1.807) is 7.11 Å². The van der Waals surface area contributed by atoms with Crippen LogP contribution in [0.4, 0.5) is 0 Å². The summed E-state index contributed by atoms with van der Waals surface area (Å²) in [7, 11) is 4.65. The van der Waals surface area contributed by atoms with Crippen LogP contribution >= 0.6 is 23.2 Å². The third-order valence-corrected chi connectivity index (χ3v) is 8.50. The molecule has 3 saturated carbocycles. The summed E-state index contributed by atoms with van der Waals surface area (Å²) in [4.78, 5) is 11.1. The maximum atomic E-state index is 13.6. The van der Waals surface area contributed by atoms with E-state index >= 15 is 0 Å². The number of alkyl halides is 2. The molecule has 3 aliphatic carbocycles. The monoisotopic (exact) mass is 378 g/mol. The molecule has 1 heterocycles. The largest absolute Gasteiger partial charge is 0.379 e. The lowest BCUT2D eigenvalue weighted by atomic mass is 9.63. The number of carbonyl (C=O) groups is 1. The fourth-order valence-electron chi connectivity index (χ4n) is 6.09. The normalized spacial score (nSPS) is 52.2. The van der Waals surface area contributed by atoms with Gasteiger partial charge in [-0.2, -0.15) is 0 Å². The quantitative estimate of drug-likeness (QED) is 0.557. The molecule has 0 radical (unpaired) electrons. The Balaban J connectivity index is 1.94. The van der Waals surface area contributed by atoms with Gasteiger partial charge in [0.1, 0.15) is 4.87 Å². The number of methoxy groups -OCH3 is 3. The molecule has 0 aromatic heterocycles. The SMILES string of the molecule is CO[C@@H]1CO[C@]2(C1)C(=O)[C@]1(Cl)[C@@H]3CCCC[C@@H]3[C@@]2(Cl)C1(OC)OC. The van der Waals surface area contributed by atoms with E-state index in [1.807, 2.05) is 0 Å². The molecule has 0 aromatic carbocycles. The van der Waals surface area contributed by atoms with E-state index in [0.29, 0.717) is 13.0 Å². The van der Waals surface area contributed by atoms with Crippen molar-refractivity contribution in [1.29, 1.82) is 0 Å². The van der Waals surface area contributed by atoms with Crippen molar-refractivity contribution in [2.24, 2.45) is 11.8 Å². The Labute approximate surface area is 152 Å². The van der Waals surface area contributed by atoms with Crippen LogP contribution < -0.4 is 0 Å². The molecular weight excluding hydrogens is 355 g/mol. The zero-order chi connectivity index (χ0) is 17.4. The average molecular weight is 379 g/mol. The summed E-state index contributed by atoms with van der Waals surface area (Å²) in [5.41, 5.74) is -1.22. The molecule has 1 saturated heterocycles. The van der Waals surface area contributed by atoms with Crippen LogP contribution in [-0.4, -0.2) is 61.0 Å². The van der Waals surface area contributed by atoms with Crippen molar-refractivity contribution in [3.8, 4) is 0 Å². The number of halogens is 2. The number of rotatable bonds is 3. The van der Waals surface area contributed by atoms with Crippen molar-refractivity contribution in [3.63, 3.8) is 0 Å². The fraction of sp³-hybridized carbons (Fsp3) is 0.941. The lowest BCUT2D eigenvalue weighted by molar-refractivity contribution is -0.236. The molecule has 4 aliphatic rings. The number of hydrogen-bond acceptors (Lipinski definition) is 5. The summed E-state index contributed by atoms with van der Waals surface area (Å²) in [5, 5.41) is 0. The summed E-state index contributed by atoms with van der Waals surface area (Å²) >= 11 is 14.4. The molecule has 5 nitrogen and oxygen atoms in total. The van der Waals surface area contributed by atoms with Gasteiger partial charge in [-0.15, -0.1) is 23.2 Å². The molecule has 0 aromatic rings. The Morgan fingerprint density at radius 1 is 1.08 bits per heavy atom.